The second-order valence-electron chi connectivity index (χ2n) is 5.27. The van der Waals surface area contributed by atoms with Gasteiger partial charge in [-0.25, -0.2) is 0 Å². The monoisotopic (exact) mass is 291 g/mol. The van der Waals surface area contributed by atoms with Crippen molar-refractivity contribution in [2.75, 3.05) is 26.3 Å². The lowest BCUT2D eigenvalue weighted by molar-refractivity contribution is -0.132. The van der Waals surface area contributed by atoms with E-state index in [-0.39, 0.29) is 5.91 Å². The van der Waals surface area contributed by atoms with Gasteiger partial charge in [-0.3, -0.25) is 4.79 Å². The van der Waals surface area contributed by atoms with Gasteiger partial charge in [0.05, 0.1) is 13.2 Å². The van der Waals surface area contributed by atoms with Crippen molar-refractivity contribution in [2.45, 2.75) is 39.0 Å². The van der Waals surface area contributed by atoms with Crippen LogP contribution >= 0.6 is 0 Å². The summed E-state index contributed by atoms with van der Waals surface area (Å²) < 4.78 is 11.2. The molecule has 1 amide bonds. The molecule has 0 radical (unpaired) electrons. The molecule has 0 aromatic heterocycles. The fraction of sp³-hybridized carbons (Fsp3) is 0.588. The zero-order chi connectivity index (χ0) is 14.9. The molecule has 0 saturated carbocycles. The molecule has 0 bridgehead atoms. The van der Waals surface area contributed by atoms with Crippen molar-refractivity contribution in [1.82, 2.24) is 4.90 Å². The van der Waals surface area contributed by atoms with Gasteiger partial charge in [0.1, 0.15) is 0 Å². The number of piperidine rings is 1. The molecule has 21 heavy (non-hydrogen) atoms. The van der Waals surface area contributed by atoms with Crippen LogP contribution in [0.2, 0.25) is 0 Å². The lowest BCUT2D eigenvalue weighted by Gasteiger charge is -2.26. The number of para-hydroxylation sites is 2. The standard InChI is InChI=1S/C17H25NO3/c1-2-20-15-9-4-5-10-16(15)21-14-8-11-17(19)18-12-6-3-7-13-18/h4-5,9-10H,2-3,6-8,11-14H2,1H3. The molecule has 1 aromatic carbocycles. The highest BCUT2D eigenvalue weighted by Crippen LogP contribution is 2.26. The number of ether oxygens (including phenoxy) is 2. The van der Waals surface area contributed by atoms with Crippen LogP contribution in [0.4, 0.5) is 0 Å². The van der Waals surface area contributed by atoms with Crippen molar-refractivity contribution >= 4 is 5.91 Å². The van der Waals surface area contributed by atoms with E-state index < -0.39 is 0 Å². The van der Waals surface area contributed by atoms with Crippen molar-refractivity contribution in [1.29, 1.82) is 0 Å². The Labute approximate surface area is 127 Å². The van der Waals surface area contributed by atoms with E-state index in [2.05, 4.69) is 0 Å². The zero-order valence-electron chi connectivity index (χ0n) is 12.8. The summed E-state index contributed by atoms with van der Waals surface area (Å²) in [7, 11) is 0. The normalized spacial score (nSPS) is 14.8. The Bertz CT molecular complexity index is 441. The second-order valence-corrected chi connectivity index (χ2v) is 5.27. The summed E-state index contributed by atoms with van der Waals surface area (Å²) in [6, 6.07) is 7.66. The summed E-state index contributed by atoms with van der Waals surface area (Å²) in [6.45, 7) is 4.96. The third kappa shape index (κ3) is 4.96. The van der Waals surface area contributed by atoms with Crippen LogP contribution in [0.3, 0.4) is 0 Å². The van der Waals surface area contributed by atoms with Crippen molar-refractivity contribution in [3.8, 4) is 11.5 Å². The van der Waals surface area contributed by atoms with Crippen LogP contribution in [0.5, 0.6) is 11.5 Å². The second kappa shape index (κ2) is 8.55. The maximum Gasteiger partial charge on any atom is 0.222 e. The van der Waals surface area contributed by atoms with Gasteiger partial charge in [-0.1, -0.05) is 12.1 Å². The van der Waals surface area contributed by atoms with Crippen LogP contribution in [-0.4, -0.2) is 37.1 Å². The number of rotatable bonds is 7. The van der Waals surface area contributed by atoms with E-state index in [1.54, 1.807) is 0 Å². The first-order valence-corrected chi connectivity index (χ1v) is 7.93. The Morgan fingerprint density at radius 1 is 1.10 bits per heavy atom. The van der Waals surface area contributed by atoms with Gasteiger partial charge in [0, 0.05) is 19.5 Å². The van der Waals surface area contributed by atoms with Crippen LogP contribution in [0.15, 0.2) is 24.3 Å². The van der Waals surface area contributed by atoms with Gasteiger partial charge < -0.3 is 14.4 Å². The number of benzene rings is 1. The average Bonchev–Trinajstić information content (AvgIpc) is 2.54. The molecule has 1 fully saturated rings. The third-order valence-corrected chi connectivity index (χ3v) is 3.65. The minimum atomic E-state index is 0.261. The van der Waals surface area contributed by atoms with Gasteiger partial charge in [0.25, 0.3) is 0 Å². The van der Waals surface area contributed by atoms with Crippen LogP contribution in [0.25, 0.3) is 0 Å². The van der Waals surface area contributed by atoms with E-state index in [9.17, 15) is 4.79 Å². The first kappa shape index (κ1) is 15.7. The van der Waals surface area contributed by atoms with Crippen molar-refractivity contribution in [2.24, 2.45) is 0 Å². The molecule has 116 valence electrons. The Balaban J connectivity index is 1.70. The minimum absolute atomic E-state index is 0.261. The molecule has 0 aliphatic carbocycles. The van der Waals surface area contributed by atoms with E-state index in [0.717, 1.165) is 43.9 Å². The van der Waals surface area contributed by atoms with Crippen molar-refractivity contribution in [3.63, 3.8) is 0 Å². The number of carbonyl (C=O) groups is 1. The fourth-order valence-electron chi connectivity index (χ4n) is 2.55. The lowest BCUT2D eigenvalue weighted by atomic mass is 10.1. The molecule has 4 heteroatoms. The summed E-state index contributed by atoms with van der Waals surface area (Å²) >= 11 is 0. The van der Waals surface area contributed by atoms with Gasteiger partial charge in [-0.2, -0.15) is 0 Å². The lowest BCUT2D eigenvalue weighted by Crippen LogP contribution is -2.35. The highest BCUT2D eigenvalue weighted by molar-refractivity contribution is 5.76. The van der Waals surface area contributed by atoms with Crippen molar-refractivity contribution < 1.29 is 14.3 Å². The Kier molecular flexibility index (Phi) is 6.38. The van der Waals surface area contributed by atoms with Gasteiger partial charge in [0.15, 0.2) is 11.5 Å². The predicted octanol–water partition coefficient (Wildman–Crippen LogP) is 3.26. The molecule has 0 unspecified atom stereocenters. The molecule has 4 nitrogen and oxygen atoms in total. The predicted molar refractivity (Wildman–Crippen MR) is 82.8 cm³/mol. The maximum absolute atomic E-state index is 12.0. The van der Waals surface area contributed by atoms with Gasteiger partial charge in [0.2, 0.25) is 5.91 Å². The van der Waals surface area contributed by atoms with E-state index in [1.165, 1.54) is 6.42 Å². The molecule has 1 heterocycles. The van der Waals surface area contributed by atoms with Gasteiger partial charge in [-0.15, -0.1) is 0 Å². The SMILES string of the molecule is CCOc1ccccc1OCCCC(=O)N1CCCCC1. The molecule has 1 saturated heterocycles. The number of amides is 1. The highest BCUT2D eigenvalue weighted by atomic mass is 16.5. The molecular weight excluding hydrogens is 266 g/mol. The van der Waals surface area contributed by atoms with Gasteiger partial charge >= 0.3 is 0 Å². The minimum Gasteiger partial charge on any atom is -0.490 e. The molecule has 1 aliphatic heterocycles. The fourth-order valence-corrected chi connectivity index (χ4v) is 2.55. The number of hydrogen-bond donors (Lipinski definition) is 0. The van der Waals surface area contributed by atoms with E-state index in [4.69, 9.17) is 9.47 Å². The Morgan fingerprint density at radius 2 is 1.76 bits per heavy atom. The zero-order valence-corrected chi connectivity index (χ0v) is 12.8. The first-order chi connectivity index (χ1) is 10.3. The highest BCUT2D eigenvalue weighted by Gasteiger charge is 2.15. The van der Waals surface area contributed by atoms with E-state index in [1.807, 2.05) is 36.1 Å². The quantitative estimate of drug-likeness (QED) is 0.724. The molecule has 1 aliphatic rings. The number of carbonyl (C=O) groups excluding carboxylic acids is 1. The van der Waals surface area contributed by atoms with E-state index >= 15 is 0 Å². The Hall–Kier alpha value is -1.71. The molecule has 0 N–H and O–H groups in total. The summed E-state index contributed by atoms with van der Waals surface area (Å²) in [5, 5.41) is 0. The summed E-state index contributed by atoms with van der Waals surface area (Å²) in [5.41, 5.74) is 0. The average molecular weight is 291 g/mol. The molecular formula is C17H25NO3. The topological polar surface area (TPSA) is 38.8 Å². The van der Waals surface area contributed by atoms with Gasteiger partial charge in [-0.05, 0) is 44.7 Å². The maximum atomic E-state index is 12.0. The van der Waals surface area contributed by atoms with Crippen molar-refractivity contribution in [3.05, 3.63) is 24.3 Å². The van der Waals surface area contributed by atoms with Crippen LogP contribution in [0, 0.1) is 0 Å². The van der Waals surface area contributed by atoms with Crippen LogP contribution < -0.4 is 9.47 Å². The Morgan fingerprint density at radius 3 is 2.43 bits per heavy atom. The van der Waals surface area contributed by atoms with Crippen LogP contribution in [-0.2, 0) is 4.79 Å². The largest absolute Gasteiger partial charge is 0.490 e. The first-order valence-electron chi connectivity index (χ1n) is 7.93. The number of nitrogens with zero attached hydrogens (tertiary/aromatic N) is 1. The van der Waals surface area contributed by atoms with Crippen LogP contribution in [0.1, 0.15) is 39.0 Å². The summed E-state index contributed by atoms with van der Waals surface area (Å²) in [6.07, 6.45) is 4.85. The molecule has 0 spiro atoms. The summed E-state index contributed by atoms with van der Waals surface area (Å²) in [4.78, 5) is 14.0. The molecule has 1 aromatic rings. The summed E-state index contributed by atoms with van der Waals surface area (Å²) in [5.74, 6) is 1.78. The third-order valence-electron chi connectivity index (χ3n) is 3.65. The molecule has 0 atom stereocenters. The number of likely N-dealkylation sites (tertiary alicyclic amines) is 1. The molecule has 2 rings (SSSR count). The number of hydrogen-bond acceptors (Lipinski definition) is 3. The smallest absolute Gasteiger partial charge is 0.222 e. The van der Waals surface area contributed by atoms with E-state index in [0.29, 0.717) is 19.6 Å².